The van der Waals surface area contributed by atoms with Crippen molar-refractivity contribution in [3.05, 3.63) is 48.5 Å². The Bertz CT molecular complexity index is 872. The average Bonchev–Trinajstić information content (AvgIpc) is 2.98. The smallest absolute Gasteiger partial charge is 0.269 e. The minimum atomic E-state index is -0.531. The molecule has 2 heterocycles. The molecule has 0 radical (unpaired) electrons. The van der Waals surface area contributed by atoms with Crippen LogP contribution in [0.1, 0.15) is 0 Å². The Kier molecular flexibility index (Phi) is 3.49. The van der Waals surface area contributed by atoms with E-state index < -0.39 is 11.8 Å². The molecule has 2 aromatic heterocycles. The summed E-state index contributed by atoms with van der Waals surface area (Å²) in [6.07, 6.45) is 0. The second-order valence-electron chi connectivity index (χ2n) is 5.00. The number of hydrogen-bond donors (Lipinski definition) is 6. The number of hydrogen-bond acceptors (Lipinski definition) is 6. The predicted octanol–water partition coefficient (Wildman–Crippen LogP) is 2.58. The maximum Gasteiger partial charge on any atom is 0.269 e. The first-order valence-electron chi connectivity index (χ1n) is 6.84. The molecule has 2 aromatic carbocycles. The lowest BCUT2D eigenvalue weighted by molar-refractivity contribution is 0.163. The molecule has 24 heavy (non-hydrogen) atoms. The number of aromatic nitrogens is 2. The average molecular weight is 330 g/mol. The van der Waals surface area contributed by atoms with Crippen LogP contribution >= 0.6 is 0 Å². The normalized spacial score (nSPS) is 10.7. The van der Waals surface area contributed by atoms with E-state index >= 15 is 0 Å². The van der Waals surface area contributed by atoms with E-state index in [-0.39, 0.29) is 11.5 Å². The van der Waals surface area contributed by atoms with Crippen molar-refractivity contribution in [3.63, 3.8) is 0 Å². The van der Waals surface area contributed by atoms with Gasteiger partial charge in [-0.15, -0.1) is 9.46 Å². The van der Waals surface area contributed by atoms with Crippen LogP contribution in [0.4, 0.5) is 0 Å². The van der Waals surface area contributed by atoms with E-state index in [1.165, 1.54) is 0 Å². The molecule has 0 amide bonds. The summed E-state index contributed by atoms with van der Waals surface area (Å²) < 4.78 is 1.09. The minimum absolute atomic E-state index is 0.298. The molecule has 124 valence electrons. The standard InChI is InChI=1S/2C8H7NO3/c2*10-7-5-3-1-2-4-6(5)9(12)8(7)11/h2*1-4,10-12H. The maximum atomic E-state index is 9.25. The largest absolute Gasteiger partial charge is 0.503 e. The molecular formula is C16H14N2O6. The van der Waals surface area contributed by atoms with Gasteiger partial charge < -0.3 is 30.8 Å². The van der Waals surface area contributed by atoms with Crippen LogP contribution in [0.5, 0.6) is 23.3 Å². The van der Waals surface area contributed by atoms with Crippen molar-refractivity contribution < 1.29 is 30.8 Å². The molecule has 6 N–H and O–H groups in total. The van der Waals surface area contributed by atoms with Gasteiger partial charge in [0.05, 0.1) is 11.0 Å². The van der Waals surface area contributed by atoms with Crippen LogP contribution in [-0.4, -0.2) is 40.3 Å². The SMILES string of the molecule is Oc1c(O)n(O)c2ccccc12.Oc1c(O)n(O)c2ccccc12. The summed E-state index contributed by atoms with van der Waals surface area (Å²) in [5.41, 5.74) is 0.764. The van der Waals surface area contributed by atoms with Gasteiger partial charge in [0.15, 0.2) is 11.5 Å². The molecule has 4 rings (SSSR count). The molecule has 4 aromatic rings. The fourth-order valence-electron chi connectivity index (χ4n) is 2.39. The van der Waals surface area contributed by atoms with Crippen molar-refractivity contribution in [3.8, 4) is 23.3 Å². The zero-order chi connectivity index (χ0) is 17.4. The van der Waals surface area contributed by atoms with Crippen molar-refractivity contribution in [2.75, 3.05) is 0 Å². The van der Waals surface area contributed by atoms with E-state index in [0.717, 1.165) is 0 Å². The van der Waals surface area contributed by atoms with Gasteiger partial charge in [-0.1, -0.05) is 24.3 Å². The van der Waals surface area contributed by atoms with Crippen LogP contribution in [0.15, 0.2) is 48.5 Å². The Morgan fingerprint density at radius 3 is 1.21 bits per heavy atom. The summed E-state index contributed by atoms with van der Waals surface area (Å²) >= 11 is 0. The zero-order valence-corrected chi connectivity index (χ0v) is 12.2. The molecule has 0 atom stereocenters. The van der Waals surface area contributed by atoms with Crippen LogP contribution < -0.4 is 0 Å². The second kappa shape index (κ2) is 5.51. The molecule has 0 aliphatic rings. The van der Waals surface area contributed by atoms with Gasteiger partial charge in [0.25, 0.3) is 11.8 Å². The van der Waals surface area contributed by atoms with Gasteiger partial charge in [0.1, 0.15) is 0 Å². The Labute approximate surface area is 134 Å². The lowest BCUT2D eigenvalue weighted by Crippen LogP contribution is -1.86. The monoisotopic (exact) mass is 330 g/mol. The van der Waals surface area contributed by atoms with Crippen LogP contribution in [0.25, 0.3) is 21.8 Å². The Morgan fingerprint density at radius 2 is 0.875 bits per heavy atom. The molecule has 0 saturated heterocycles. The number of nitrogens with zero attached hydrogens (tertiary/aromatic N) is 2. The van der Waals surface area contributed by atoms with E-state index in [2.05, 4.69) is 0 Å². The highest BCUT2D eigenvalue weighted by Gasteiger charge is 2.14. The Hall–Kier alpha value is -3.68. The van der Waals surface area contributed by atoms with Gasteiger partial charge in [-0.2, -0.15) is 0 Å². The molecule has 0 aliphatic heterocycles. The highest BCUT2D eigenvalue weighted by Crippen LogP contribution is 2.36. The van der Waals surface area contributed by atoms with Gasteiger partial charge >= 0.3 is 0 Å². The fourth-order valence-corrected chi connectivity index (χ4v) is 2.39. The van der Waals surface area contributed by atoms with E-state index in [1.807, 2.05) is 0 Å². The lowest BCUT2D eigenvalue weighted by atomic mass is 10.2. The van der Waals surface area contributed by atoms with Crippen molar-refractivity contribution in [1.82, 2.24) is 9.46 Å². The summed E-state index contributed by atoms with van der Waals surface area (Å²) in [5.74, 6) is -1.66. The zero-order valence-electron chi connectivity index (χ0n) is 12.2. The van der Waals surface area contributed by atoms with Gasteiger partial charge in [-0.05, 0) is 24.3 Å². The predicted molar refractivity (Wildman–Crippen MR) is 84.9 cm³/mol. The quantitative estimate of drug-likeness (QED) is 0.275. The molecule has 0 unspecified atom stereocenters. The van der Waals surface area contributed by atoms with Crippen molar-refractivity contribution in [1.29, 1.82) is 0 Å². The fraction of sp³-hybridized carbons (Fsp3) is 0. The molecular weight excluding hydrogens is 316 g/mol. The number of aromatic hydroxyl groups is 4. The Balaban J connectivity index is 0.000000141. The molecule has 8 nitrogen and oxygen atoms in total. The molecule has 0 spiro atoms. The van der Waals surface area contributed by atoms with E-state index in [0.29, 0.717) is 31.3 Å². The van der Waals surface area contributed by atoms with Crippen LogP contribution in [0, 0.1) is 0 Å². The molecule has 0 aliphatic carbocycles. The summed E-state index contributed by atoms with van der Waals surface area (Å²) in [4.78, 5) is 0. The van der Waals surface area contributed by atoms with Crippen molar-refractivity contribution >= 4 is 21.8 Å². The Morgan fingerprint density at radius 1 is 0.542 bits per heavy atom. The van der Waals surface area contributed by atoms with E-state index in [4.69, 9.17) is 10.2 Å². The van der Waals surface area contributed by atoms with E-state index in [9.17, 15) is 20.6 Å². The third-order valence-corrected chi connectivity index (χ3v) is 3.60. The van der Waals surface area contributed by atoms with Gasteiger partial charge in [-0.25, -0.2) is 0 Å². The third kappa shape index (κ3) is 2.17. The molecule has 0 fully saturated rings. The molecule has 0 saturated carbocycles. The highest BCUT2D eigenvalue weighted by atomic mass is 16.5. The van der Waals surface area contributed by atoms with Gasteiger partial charge in [0, 0.05) is 10.8 Å². The van der Waals surface area contributed by atoms with Gasteiger partial charge in [-0.3, -0.25) is 0 Å². The first-order valence-corrected chi connectivity index (χ1v) is 6.84. The van der Waals surface area contributed by atoms with E-state index in [1.54, 1.807) is 48.5 Å². The third-order valence-electron chi connectivity index (χ3n) is 3.60. The number of para-hydroxylation sites is 2. The summed E-state index contributed by atoms with van der Waals surface area (Å²) in [6.45, 7) is 0. The topological polar surface area (TPSA) is 131 Å². The number of benzene rings is 2. The van der Waals surface area contributed by atoms with Crippen LogP contribution in [0.2, 0.25) is 0 Å². The van der Waals surface area contributed by atoms with Crippen molar-refractivity contribution in [2.45, 2.75) is 0 Å². The number of rotatable bonds is 0. The van der Waals surface area contributed by atoms with Crippen molar-refractivity contribution in [2.24, 2.45) is 0 Å². The maximum absolute atomic E-state index is 9.25. The van der Waals surface area contributed by atoms with Gasteiger partial charge in [0.2, 0.25) is 0 Å². The number of fused-ring (bicyclic) bond motifs is 2. The van der Waals surface area contributed by atoms with Crippen LogP contribution in [-0.2, 0) is 0 Å². The first-order chi connectivity index (χ1) is 11.4. The summed E-state index contributed by atoms with van der Waals surface area (Å²) in [6, 6.07) is 13.2. The molecule has 0 bridgehead atoms. The minimum Gasteiger partial charge on any atom is -0.503 e. The molecule has 8 heteroatoms. The second-order valence-corrected chi connectivity index (χ2v) is 5.00. The van der Waals surface area contributed by atoms with Crippen LogP contribution in [0.3, 0.4) is 0 Å². The summed E-state index contributed by atoms with van der Waals surface area (Å²) in [7, 11) is 0. The first kappa shape index (κ1) is 15.2. The lowest BCUT2D eigenvalue weighted by Gasteiger charge is -1.92. The highest BCUT2D eigenvalue weighted by molar-refractivity contribution is 5.89. The summed E-state index contributed by atoms with van der Waals surface area (Å²) in [5, 5.41) is 55.9.